The van der Waals surface area contributed by atoms with Gasteiger partial charge in [0.25, 0.3) is 0 Å². The maximum absolute atomic E-state index is 11.5. The molecule has 4 rings (SSSR count). The van der Waals surface area contributed by atoms with Crippen molar-refractivity contribution in [3.05, 3.63) is 12.2 Å². The number of aliphatic hydroxyl groups is 3. The van der Waals surface area contributed by atoms with Crippen LogP contribution in [0.25, 0.3) is 0 Å². The number of rotatable bonds is 2. The Kier molecular flexibility index (Phi) is 4.72. The molecule has 0 aromatic rings. The van der Waals surface area contributed by atoms with Crippen molar-refractivity contribution in [2.24, 2.45) is 34.5 Å². The van der Waals surface area contributed by atoms with Crippen LogP contribution in [-0.4, -0.2) is 46.2 Å². The first-order valence-electron chi connectivity index (χ1n) is 10.5. The van der Waals surface area contributed by atoms with Crippen molar-refractivity contribution in [2.45, 2.75) is 77.1 Å². The Morgan fingerprint density at radius 1 is 1.15 bits per heavy atom. The lowest BCUT2D eigenvalue weighted by Crippen LogP contribution is -2.59. The van der Waals surface area contributed by atoms with E-state index in [-0.39, 0.29) is 29.0 Å². The topological polar surface area (TPSA) is 87.0 Å². The molecular weight excluding hydrogens is 344 g/mol. The van der Waals surface area contributed by atoms with Gasteiger partial charge in [0, 0.05) is 5.41 Å². The van der Waals surface area contributed by atoms with Crippen molar-refractivity contribution < 1.29 is 24.9 Å². The Bertz CT molecular complexity index is 632. The van der Waals surface area contributed by atoms with E-state index in [2.05, 4.69) is 20.4 Å². The lowest BCUT2D eigenvalue weighted by Gasteiger charge is -2.61. The predicted molar refractivity (Wildman–Crippen MR) is 101 cm³/mol. The molecule has 0 heterocycles. The van der Waals surface area contributed by atoms with Gasteiger partial charge in [-0.2, -0.15) is 0 Å². The van der Waals surface area contributed by atoms with Crippen LogP contribution < -0.4 is 0 Å². The fraction of sp³-hybridized carbons (Fsp3) is 0.864. The molecule has 3 N–H and O–H groups in total. The van der Waals surface area contributed by atoms with Gasteiger partial charge < -0.3 is 20.1 Å². The number of aliphatic hydroxyl groups excluding tert-OH is 3. The van der Waals surface area contributed by atoms with E-state index < -0.39 is 18.7 Å². The fourth-order valence-electron chi connectivity index (χ4n) is 7.45. The quantitative estimate of drug-likeness (QED) is 0.507. The molecule has 0 aromatic carbocycles. The van der Waals surface area contributed by atoms with Crippen molar-refractivity contribution in [1.82, 2.24) is 0 Å². The van der Waals surface area contributed by atoms with E-state index in [4.69, 9.17) is 9.84 Å². The number of fused-ring (bicyclic) bond motifs is 5. The maximum Gasteiger partial charge on any atom is 0.332 e. The lowest BCUT2D eigenvalue weighted by atomic mass is 9.44. The monoisotopic (exact) mass is 378 g/mol. The minimum Gasteiger partial charge on any atom is -0.461 e. The van der Waals surface area contributed by atoms with E-state index in [1.807, 2.05) is 0 Å². The first kappa shape index (κ1) is 19.4. The van der Waals surface area contributed by atoms with Gasteiger partial charge >= 0.3 is 5.97 Å². The van der Waals surface area contributed by atoms with Crippen molar-refractivity contribution >= 4 is 5.97 Å². The molecule has 0 saturated heterocycles. The van der Waals surface area contributed by atoms with Crippen LogP contribution in [0.4, 0.5) is 0 Å². The maximum atomic E-state index is 11.5. The summed E-state index contributed by atoms with van der Waals surface area (Å²) in [4.78, 5) is 11.5. The van der Waals surface area contributed by atoms with Crippen LogP contribution in [0.1, 0.15) is 58.8 Å². The summed E-state index contributed by atoms with van der Waals surface area (Å²) in [5.74, 6) is 0.742. The number of carbonyl (C=O) groups is 1. The number of hydrogen-bond acceptors (Lipinski definition) is 5. The number of ether oxygens (including phenoxy) is 1. The molecule has 152 valence electrons. The normalized spacial score (nSPS) is 51.9. The molecule has 0 aromatic heterocycles. The second kappa shape index (κ2) is 6.57. The molecule has 5 heteroatoms. The van der Waals surface area contributed by atoms with E-state index >= 15 is 0 Å². The molecule has 0 amide bonds. The summed E-state index contributed by atoms with van der Waals surface area (Å²) in [6.07, 6.45) is 5.21. The third kappa shape index (κ3) is 2.80. The van der Waals surface area contributed by atoms with Gasteiger partial charge in [-0.3, -0.25) is 0 Å². The number of carbonyl (C=O) groups excluding carboxylic acids is 1. The highest BCUT2D eigenvalue weighted by Gasteiger charge is 2.63. The summed E-state index contributed by atoms with van der Waals surface area (Å²) in [5.41, 5.74) is 0.917. The second-order valence-electron chi connectivity index (χ2n) is 10.1. The smallest absolute Gasteiger partial charge is 0.332 e. The van der Waals surface area contributed by atoms with Crippen LogP contribution in [0.15, 0.2) is 12.2 Å². The van der Waals surface area contributed by atoms with Crippen LogP contribution >= 0.6 is 0 Å². The summed E-state index contributed by atoms with van der Waals surface area (Å²) < 4.78 is 5.40. The molecule has 5 nitrogen and oxygen atoms in total. The summed E-state index contributed by atoms with van der Waals surface area (Å²) in [6.45, 7) is 8.09. The Balaban J connectivity index is 1.57. The first-order chi connectivity index (χ1) is 12.7. The van der Waals surface area contributed by atoms with Crippen molar-refractivity contribution in [3.8, 4) is 0 Å². The van der Waals surface area contributed by atoms with Gasteiger partial charge in [-0.25, -0.2) is 4.79 Å². The van der Waals surface area contributed by atoms with Gasteiger partial charge in [-0.1, -0.05) is 20.4 Å². The minimum absolute atomic E-state index is 0.141. The van der Waals surface area contributed by atoms with Crippen molar-refractivity contribution in [1.29, 1.82) is 0 Å². The molecule has 0 aliphatic heterocycles. The molecule has 0 spiro atoms. The average molecular weight is 379 g/mol. The number of hydrogen-bond donors (Lipinski definition) is 3. The lowest BCUT2D eigenvalue weighted by molar-refractivity contribution is -0.185. The second-order valence-corrected chi connectivity index (χ2v) is 10.1. The van der Waals surface area contributed by atoms with Crippen LogP contribution in [0.5, 0.6) is 0 Å². The van der Waals surface area contributed by atoms with Gasteiger partial charge in [0.2, 0.25) is 0 Å². The molecule has 0 bridgehead atoms. The zero-order valence-electron chi connectivity index (χ0n) is 16.6. The van der Waals surface area contributed by atoms with Crippen LogP contribution in [-0.2, 0) is 9.53 Å². The van der Waals surface area contributed by atoms with Gasteiger partial charge in [0.05, 0.1) is 12.2 Å². The van der Waals surface area contributed by atoms with E-state index in [0.29, 0.717) is 17.8 Å². The van der Waals surface area contributed by atoms with E-state index in [9.17, 15) is 15.0 Å². The molecular formula is C22H34O5. The molecule has 4 saturated carbocycles. The van der Waals surface area contributed by atoms with Gasteiger partial charge in [-0.15, -0.1) is 0 Å². The Morgan fingerprint density at radius 2 is 1.85 bits per heavy atom. The summed E-state index contributed by atoms with van der Waals surface area (Å²) in [5, 5.41) is 30.8. The zero-order chi connectivity index (χ0) is 19.6. The van der Waals surface area contributed by atoms with Gasteiger partial charge in [0.15, 0.2) is 0 Å². The number of esters is 1. The highest BCUT2D eigenvalue weighted by molar-refractivity contribution is 5.70. The third-order valence-electron chi connectivity index (χ3n) is 8.99. The Morgan fingerprint density at radius 3 is 2.56 bits per heavy atom. The predicted octanol–water partition coefficient (Wildman–Crippen LogP) is 2.43. The van der Waals surface area contributed by atoms with Crippen molar-refractivity contribution in [3.63, 3.8) is 0 Å². The van der Waals surface area contributed by atoms with Crippen molar-refractivity contribution in [2.75, 3.05) is 6.61 Å². The van der Waals surface area contributed by atoms with Crippen LogP contribution in [0.2, 0.25) is 0 Å². The van der Waals surface area contributed by atoms with E-state index in [0.717, 1.165) is 50.5 Å². The molecule has 4 aliphatic rings. The van der Waals surface area contributed by atoms with Gasteiger partial charge in [0.1, 0.15) is 12.7 Å². The SMILES string of the molecule is C=C1CC2C3C(O)C[C@@H]4C[C@@H](OC(=O)CO)CC[C@]4(C)C3CC[C@]2(C)[C@H]1O. The minimum atomic E-state index is -0.571. The van der Waals surface area contributed by atoms with Crippen LogP contribution in [0.3, 0.4) is 0 Å². The molecule has 0 radical (unpaired) electrons. The van der Waals surface area contributed by atoms with Gasteiger partial charge in [-0.05, 0) is 79.6 Å². The third-order valence-corrected chi connectivity index (χ3v) is 8.99. The standard InChI is InChI=1S/C22H34O5/c1-12-8-16-19-15(5-7-22(16,3)20(12)26)21(2)6-4-14(27-18(25)11-23)9-13(21)10-17(19)24/h13-17,19-20,23-24,26H,1,4-11H2,2-3H3/t13-,14-,15?,16?,17?,19?,20-,21-,22-/m0/s1. The fourth-order valence-corrected chi connectivity index (χ4v) is 7.45. The molecule has 4 fully saturated rings. The summed E-state index contributed by atoms with van der Waals surface area (Å²) in [6, 6.07) is 0. The Labute approximate surface area is 161 Å². The largest absolute Gasteiger partial charge is 0.461 e. The van der Waals surface area contributed by atoms with Crippen LogP contribution in [0, 0.1) is 34.5 Å². The van der Waals surface area contributed by atoms with E-state index in [1.165, 1.54) is 0 Å². The zero-order valence-corrected chi connectivity index (χ0v) is 16.6. The first-order valence-corrected chi connectivity index (χ1v) is 10.5. The summed E-state index contributed by atoms with van der Waals surface area (Å²) in [7, 11) is 0. The molecule has 27 heavy (non-hydrogen) atoms. The highest BCUT2D eigenvalue weighted by atomic mass is 16.6. The summed E-state index contributed by atoms with van der Waals surface area (Å²) >= 11 is 0. The molecule has 4 aliphatic carbocycles. The average Bonchev–Trinajstić information content (AvgIpc) is 2.86. The molecule has 9 atom stereocenters. The van der Waals surface area contributed by atoms with E-state index in [1.54, 1.807) is 0 Å². The Hall–Kier alpha value is -0.910. The molecule has 4 unspecified atom stereocenters. The highest BCUT2D eigenvalue weighted by Crippen LogP contribution is 2.66.